The van der Waals surface area contributed by atoms with E-state index in [1.165, 1.54) is 6.07 Å². The number of halogens is 1. The molecule has 1 amide bonds. The van der Waals surface area contributed by atoms with Gasteiger partial charge in [-0.2, -0.15) is 0 Å². The van der Waals surface area contributed by atoms with E-state index in [0.717, 1.165) is 5.56 Å². The van der Waals surface area contributed by atoms with Crippen LogP contribution >= 0.6 is 12.2 Å². The van der Waals surface area contributed by atoms with Gasteiger partial charge in [0.05, 0.1) is 0 Å². The summed E-state index contributed by atoms with van der Waals surface area (Å²) in [7, 11) is 0. The van der Waals surface area contributed by atoms with Crippen molar-refractivity contribution in [2.24, 2.45) is 5.73 Å². The number of rotatable bonds is 6. The Bertz CT molecular complexity index is 721. The summed E-state index contributed by atoms with van der Waals surface area (Å²) in [5.41, 5.74) is 7.44. The van der Waals surface area contributed by atoms with Crippen molar-refractivity contribution in [3.05, 3.63) is 65.5 Å². The molecule has 126 valence electrons. The average molecular weight is 345 g/mol. The molecule has 6 heteroatoms. The number of primary amides is 1. The number of thiocarbonyl (C=S) groups is 1. The van der Waals surface area contributed by atoms with Gasteiger partial charge in [0.1, 0.15) is 5.82 Å². The zero-order chi connectivity index (χ0) is 17.5. The Morgan fingerprint density at radius 3 is 2.58 bits per heavy atom. The van der Waals surface area contributed by atoms with Gasteiger partial charge in [0, 0.05) is 25.2 Å². The van der Waals surface area contributed by atoms with E-state index in [0.29, 0.717) is 29.5 Å². The van der Waals surface area contributed by atoms with Crippen molar-refractivity contribution >= 4 is 28.9 Å². The van der Waals surface area contributed by atoms with Gasteiger partial charge in [-0.1, -0.05) is 36.4 Å². The molecule has 0 spiro atoms. The summed E-state index contributed by atoms with van der Waals surface area (Å²) in [5, 5.41) is 3.44. The van der Waals surface area contributed by atoms with Crippen molar-refractivity contribution < 1.29 is 9.18 Å². The number of hydrogen-bond donors (Lipinski definition) is 2. The number of nitrogens with zero attached hydrogens (tertiary/aromatic N) is 1. The number of anilines is 1. The Morgan fingerprint density at radius 1 is 1.25 bits per heavy atom. The van der Waals surface area contributed by atoms with Crippen LogP contribution in [0.3, 0.4) is 0 Å². The van der Waals surface area contributed by atoms with Crippen molar-refractivity contribution in [1.29, 1.82) is 0 Å². The molecular weight excluding hydrogens is 325 g/mol. The summed E-state index contributed by atoms with van der Waals surface area (Å²) < 4.78 is 13.7. The van der Waals surface area contributed by atoms with Gasteiger partial charge in [-0.25, -0.2) is 4.39 Å². The third-order valence-corrected chi connectivity index (χ3v) is 3.91. The number of benzene rings is 2. The zero-order valence-corrected chi connectivity index (χ0v) is 14.3. The third kappa shape index (κ3) is 5.31. The van der Waals surface area contributed by atoms with Gasteiger partial charge in [-0.3, -0.25) is 4.79 Å². The fraction of sp³-hybridized carbons (Fsp3) is 0.222. The lowest BCUT2D eigenvalue weighted by Crippen LogP contribution is -2.36. The van der Waals surface area contributed by atoms with Crippen LogP contribution in [-0.4, -0.2) is 22.5 Å². The minimum atomic E-state index is -0.391. The van der Waals surface area contributed by atoms with Crippen molar-refractivity contribution in [1.82, 2.24) is 4.90 Å². The molecule has 0 fully saturated rings. The molecule has 2 rings (SSSR count). The number of hydrogen-bond acceptors (Lipinski definition) is 2. The van der Waals surface area contributed by atoms with Crippen molar-refractivity contribution in [2.75, 3.05) is 11.9 Å². The van der Waals surface area contributed by atoms with Gasteiger partial charge in [0.15, 0.2) is 5.11 Å². The number of carbonyl (C=O) groups is 1. The second-order valence-electron chi connectivity index (χ2n) is 5.52. The number of nitrogens with one attached hydrogen (secondary N) is 1. The van der Waals surface area contributed by atoms with E-state index in [9.17, 15) is 9.18 Å². The minimum absolute atomic E-state index is 0.191. The van der Waals surface area contributed by atoms with E-state index >= 15 is 0 Å². The molecule has 3 N–H and O–H groups in total. The molecule has 0 unspecified atom stereocenters. The lowest BCUT2D eigenvalue weighted by molar-refractivity contribution is -0.118. The normalized spacial score (nSPS) is 10.2. The van der Waals surface area contributed by atoms with Gasteiger partial charge in [0.2, 0.25) is 5.91 Å². The second kappa shape index (κ2) is 8.40. The first-order chi connectivity index (χ1) is 11.5. The molecule has 2 aromatic carbocycles. The number of nitrogens with two attached hydrogens (primary N) is 1. The molecule has 2 aromatic rings. The summed E-state index contributed by atoms with van der Waals surface area (Å²) in [6, 6.07) is 14.6. The van der Waals surface area contributed by atoms with Crippen LogP contribution in [0.5, 0.6) is 0 Å². The second-order valence-corrected chi connectivity index (χ2v) is 5.90. The average Bonchev–Trinajstić information content (AvgIpc) is 2.55. The molecule has 0 atom stereocenters. The Labute approximate surface area is 146 Å². The topological polar surface area (TPSA) is 58.4 Å². The fourth-order valence-corrected chi connectivity index (χ4v) is 2.45. The SMILES string of the molecule is Cc1ccc(NC(=S)N(CCC(N)=O)Cc2ccccc2)cc1F. The molecule has 0 saturated carbocycles. The number of carbonyl (C=O) groups excluding carboxylic acids is 1. The van der Waals surface area contributed by atoms with Gasteiger partial charge < -0.3 is 16.0 Å². The summed E-state index contributed by atoms with van der Waals surface area (Å²) in [4.78, 5) is 12.9. The van der Waals surface area contributed by atoms with E-state index in [1.807, 2.05) is 35.2 Å². The van der Waals surface area contributed by atoms with E-state index in [4.69, 9.17) is 18.0 Å². The highest BCUT2D eigenvalue weighted by Crippen LogP contribution is 2.15. The largest absolute Gasteiger partial charge is 0.370 e. The highest BCUT2D eigenvalue weighted by molar-refractivity contribution is 7.80. The lowest BCUT2D eigenvalue weighted by atomic mass is 10.2. The first kappa shape index (κ1) is 17.9. The standard InChI is InChI=1S/C18H20FN3OS/c1-13-7-8-15(11-16(13)19)21-18(24)22(10-9-17(20)23)12-14-5-3-2-4-6-14/h2-8,11H,9-10,12H2,1H3,(H2,20,23)(H,21,24). The first-order valence-electron chi connectivity index (χ1n) is 7.60. The van der Waals surface area contributed by atoms with Crippen LogP contribution in [0, 0.1) is 12.7 Å². The highest BCUT2D eigenvalue weighted by Gasteiger charge is 2.12. The summed E-state index contributed by atoms with van der Waals surface area (Å²) in [6.45, 7) is 2.63. The molecule has 0 aliphatic carbocycles. The zero-order valence-electron chi connectivity index (χ0n) is 13.5. The van der Waals surface area contributed by atoms with Crippen LogP contribution in [0.2, 0.25) is 0 Å². The molecule has 0 aliphatic rings. The quantitative estimate of drug-likeness (QED) is 0.790. The third-order valence-electron chi connectivity index (χ3n) is 3.55. The van der Waals surface area contributed by atoms with E-state index in [-0.39, 0.29) is 12.2 Å². The maximum atomic E-state index is 13.7. The Hall–Kier alpha value is -2.47. The molecule has 0 aromatic heterocycles. The molecule has 0 aliphatic heterocycles. The van der Waals surface area contributed by atoms with Crippen LogP contribution in [0.1, 0.15) is 17.5 Å². The molecular formula is C18H20FN3OS. The number of aryl methyl sites for hydroxylation is 1. The Morgan fingerprint density at radius 2 is 1.96 bits per heavy atom. The molecule has 0 bridgehead atoms. The molecule has 0 saturated heterocycles. The van der Waals surface area contributed by atoms with E-state index < -0.39 is 5.91 Å². The monoisotopic (exact) mass is 345 g/mol. The molecule has 0 radical (unpaired) electrons. The van der Waals surface area contributed by atoms with Gasteiger partial charge in [0.25, 0.3) is 0 Å². The van der Waals surface area contributed by atoms with Crippen LogP contribution in [0.4, 0.5) is 10.1 Å². The maximum absolute atomic E-state index is 13.7. The summed E-state index contributed by atoms with van der Waals surface area (Å²) in [5.74, 6) is -0.688. The first-order valence-corrected chi connectivity index (χ1v) is 8.01. The lowest BCUT2D eigenvalue weighted by Gasteiger charge is -2.25. The predicted octanol–water partition coefficient (Wildman–Crippen LogP) is 3.21. The molecule has 24 heavy (non-hydrogen) atoms. The minimum Gasteiger partial charge on any atom is -0.370 e. The van der Waals surface area contributed by atoms with Gasteiger partial charge in [-0.15, -0.1) is 0 Å². The van der Waals surface area contributed by atoms with E-state index in [2.05, 4.69) is 5.32 Å². The molecule has 4 nitrogen and oxygen atoms in total. The van der Waals surface area contributed by atoms with Crippen molar-refractivity contribution in [3.8, 4) is 0 Å². The summed E-state index contributed by atoms with van der Waals surface area (Å²) in [6.07, 6.45) is 0.191. The van der Waals surface area contributed by atoms with Crippen LogP contribution in [-0.2, 0) is 11.3 Å². The Kier molecular flexibility index (Phi) is 6.26. The maximum Gasteiger partial charge on any atom is 0.219 e. The predicted molar refractivity (Wildman–Crippen MR) is 98.0 cm³/mol. The van der Waals surface area contributed by atoms with Gasteiger partial charge in [-0.05, 0) is 42.4 Å². The highest BCUT2D eigenvalue weighted by atomic mass is 32.1. The van der Waals surface area contributed by atoms with Crippen LogP contribution < -0.4 is 11.1 Å². The van der Waals surface area contributed by atoms with Crippen LogP contribution in [0.15, 0.2) is 48.5 Å². The summed E-state index contributed by atoms with van der Waals surface area (Å²) >= 11 is 5.42. The van der Waals surface area contributed by atoms with Crippen LogP contribution in [0.25, 0.3) is 0 Å². The van der Waals surface area contributed by atoms with Crippen molar-refractivity contribution in [3.63, 3.8) is 0 Å². The van der Waals surface area contributed by atoms with E-state index in [1.54, 1.807) is 19.1 Å². The van der Waals surface area contributed by atoms with Gasteiger partial charge >= 0.3 is 0 Å². The van der Waals surface area contributed by atoms with Crippen molar-refractivity contribution in [2.45, 2.75) is 19.9 Å². The fourth-order valence-electron chi connectivity index (χ4n) is 2.17. The Balaban J connectivity index is 2.10. The molecule has 0 heterocycles. The number of amides is 1. The smallest absolute Gasteiger partial charge is 0.219 e.